The number of nitrogens with zero attached hydrogens (tertiary/aromatic N) is 3. The first-order chi connectivity index (χ1) is 11.1. The van der Waals surface area contributed by atoms with Gasteiger partial charge in [0.15, 0.2) is 0 Å². The van der Waals surface area contributed by atoms with Crippen molar-refractivity contribution in [3.05, 3.63) is 54.2 Å². The molecule has 1 unspecified atom stereocenters. The third-order valence-corrected chi connectivity index (χ3v) is 4.22. The van der Waals surface area contributed by atoms with Gasteiger partial charge in [0.1, 0.15) is 5.76 Å². The van der Waals surface area contributed by atoms with Crippen molar-refractivity contribution in [1.82, 2.24) is 20.1 Å². The first-order valence-corrected chi connectivity index (χ1v) is 7.78. The number of amides is 2. The molecule has 0 aromatic carbocycles. The van der Waals surface area contributed by atoms with Gasteiger partial charge in [-0.05, 0) is 38.4 Å². The van der Waals surface area contributed by atoms with Crippen LogP contribution in [-0.2, 0) is 0 Å². The third kappa shape index (κ3) is 3.53. The molecule has 0 spiro atoms. The van der Waals surface area contributed by atoms with Gasteiger partial charge in [0, 0.05) is 37.4 Å². The van der Waals surface area contributed by atoms with E-state index < -0.39 is 0 Å². The van der Waals surface area contributed by atoms with E-state index in [1.54, 1.807) is 12.5 Å². The standard InChI is InChI=1S/C17H22N4O2/c1-20(2)15(16-7-5-9-23-16)10-19-17(22)21-11-13(12-21)14-6-3-4-8-18-14/h3-9,13,15H,10-12H2,1-2H3,(H,19,22). The number of likely N-dealkylation sites (tertiary alicyclic amines) is 1. The van der Waals surface area contributed by atoms with Gasteiger partial charge in [-0.1, -0.05) is 6.07 Å². The van der Waals surface area contributed by atoms with Gasteiger partial charge in [0.05, 0.1) is 12.3 Å². The minimum Gasteiger partial charge on any atom is -0.468 e. The quantitative estimate of drug-likeness (QED) is 0.918. The molecule has 0 bridgehead atoms. The summed E-state index contributed by atoms with van der Waals surface area (Å²) in [6, 6.07) is 9.69. The summed E-state index contributed by atoms with van der Waals surface area (Å²) in [4.78, 5) is 20.4. The molecule has 122 valence electrons. The van der Waals surface area contributed by atoms with Crippen LogP contribution < -0.4 is 5.32 Å². The van der Waals surface area contributed by atoms with Crippen molar-refractivity contribution in [1.29, 1.82) is 0 Å². The molecule has 3 heterocycles. The number of carbonyl (C=O) groups is 1. The summed E-state index contributed by atoms with van der Waals surface area (Å²) in [5, 5.41) is 2.99. The average Bonchev–Trinajstić information content (AvgIpc) is 3.01. The molecule has 0 saturated carbocycles. The lowest BCUT2D eigenvalue weighted by molar-refractivity contribution is 0.146. The maximum absolute atomic E-state index is 12.2. The van der Waals surface area contributed by atoms with Crippen LogP contribution in [0.4, 0.5) is 4.79 Å². The van der Waals surface area contributed by atoms with Gasteiger partial charge in [-0.15, -0.1) is 0 Å². The van der Waals surface area contributed by atoms with E-state index in [1.165, 1.54) is 0 Å². The van der Waals surface area contributed by atoms with Crippen molar-refractivity contribution in [3.63, 3.8) is 0 Å². The molecule has 23 heavy (non-hydrogen) atoms. The monoisotopic (exact) mass is 314 g/mol. The molecule has 2 amide bonds. The number of aromatic nitrogens is 1. The van der Waals surface area contributed by atoms with E-state index in [9.17, 15) is 4.79 Å². The Morgan fingerprint density at radius 1 is 1.39 bits per heavy atom. The lowest BCUT2D eigenvalue weighted by Gasteiger charge is -2.39. The highest BCUT2D eigenvalue weighted by Crippen LogP contribution is 2.25. The largest absolute Gasteiger partial charge is 0.468 e. The zero-order valence-corrected chi connectivity index (χ0v) is 13.5. The van der Waals surface area contributed by atoms with E-state index in [0.29, 0.717) is 12.5 Å². The molecule has 1 aliphatic heterocycles. The summed E-state index contributed by atoms with van der Waals surface area (Å²) in [5.41, 5.74) is 1.05. The van der Waals surface area contributed by atoms with Crippen molar-refractivity contribution in [2.24, 2.45) is 0 Å². The van der Waals surface area contributed by atoms with Crippen molar-refractivity contribution in [3.8, 4) is 0 Å². The Morgan fingerprint density at radius 2 is 2.22 bits per heavy atom. The molecule has 1 N–H and O–H groups in total. The number of furan rings is 1. The topological polar surface area (TPSA) is 61.6 Å². The number of pyridine rings is 1. The van der Waals surface area contributed by atoms with Crippen LogP contribution in [0.3, 0.4) is 0 Å². The molecule has 1 aliphatic rings. The van der Waals surface area contributed by atoms with Crippen LogP contribution in [0.5, 0.6) is 0 Å². The number of carbonyl (C=O) groups excluding carboxylic acids is 1. The van der Waals surface area contributed by atoms with E-state index in [-0.39, 0.29) is 12.1 Å². The summed E-state index contributed by atoms with van der Waals surface area (Å²) in [7, 11) is 3.94. The van der Waals surface area contributed by atoms with Crippen LogP contribution in [0, 0.1) is 0 Å². The summed E-state index contributed by atoms with van der Waals surface area (Å²) < 4.78 is 5.45. The van der Waals surface area contributed by atoms with E-state index in [0.717, 1.165) is 24.5 Å². The van der Waals surface area contributed by atoms with Crippen molar-refractivity contribution in [2.45, 2.75) is 12.0 Å². The second-order valence-electron chi connectivity index (χ2n) is 6.04. The Balaban J connectivity index is 1.49. The first-order valence-electron chi connectivity index (χ1n) is 7.78. The SMILES string of the molecule is CN(C)C(CNC(=O)N1CC(c2ccccn2)C1)c1ccco1. The number of hydrogen-bond donors (Lipinski definition) is 1. The zero-order valence-electron chi connectivity index (χ0n) is 13.5. The Kier molecular flexibility index (Phi) is 4.62. The molecule has 2 aromatic rings. The van der Waals surface area contributed by atoms with E-state index in [1.807, 2.05) is 54.2 Å². The normalized spacial score (nSPS) is 16.2. The van der Waals surface area contributed by atoms with Gasteiger partial charge in [0.2, 0.25) is 0 Å². The number of hydrogen-bond acceptors (Lipinski definition) is 4. The summed E-state index contributed by atoms with van der Waals surface area (Å²) in [6.07, 6.45) is 3.45. The third-order valence-electron chi connectivity index (χ3n) is 4.22. The van der Waals surface area contributed by atoms with Gasteiger partial charge in [-0.2, -0.15) is 0 Å². The van der Waals surface area contributed by atoms with Gasteiger partial charge in [-0.3, -0.25) is 9.88 Å². The van der Waals surface area contributed by atoms with Gasteiger partial charge in [0.25, 0.3) is 0 Å². The second-order valence-corrected chi connectivity index (χ2v) is 6.04. The smallest absolute Gasteiger partial charge is 0.317 e. The lowest BCUT2D eigenvalue weighted by atomic mass is 9.96. The molecule has 0 aliphatic carbocycles. The zero-order chi connectivity index (χ0) is 16.2. The van der Waals surface area contributed by atoms with Crippen LogP contribution in [0.1, 0.15) is 23.4 Å². The van der Waals surface area contributed by atoms with Crippen LogP contribution in [-0.4, -0.2) is 54.5 Å². The Hall–Kier alpha value is -2.34. The van der Waals surface area contributed by atoms with E-state index >= 15 is 0 Å². The Bertz CT molecular complexity index is 621. The predicted octanol–water partition coefficient (Wildman–Crippen LogP) is 2.09. The number of urea groups is 1. The maximum atomic E-state index is 12.2. The van der Waals surface area contributed by atoms with Crippen molar-refractivity contribution < 1.29 is 9.21 Å². The fourth-order valence-electron chi connectivity index (χ4n) is 2.76. The highest BCUT2D eigenvalue weighted by molar-refractivity contribution is 5.75. The molecule has 1 fully saturated rings. The minimum absolute atomic E-state index is 0.0295. The minimum atomic E-state index is -0.0319. The average molecular weight is 314 g/mol. The van der Waals surface area contributed by atoms with Gasteiger partial charge in [-0.25, -0.2) is 4.79 Å². The first kappa shape index (κ1) is 15.6. The molecule has 6 heteroatoms. The number of nitrogens with one attached hydrogen (secondary N) is 1. The van der Waals surface area contributed by atoms with Crippen molar-refractivity contribution >= 4 is 6.03 Å². The summed E-state index contributed by atoms with van der Waals surface area (Å²) in [5.74, 6) is 1.20. The highest BCUT2D eigenvalue weighted by Gasteiger charge is 2.32. The number of likely N-dealkylation sites (N-methyl/N-ethyl adjacent to an activating group) is 1. The van der Waals surface area contributed by atoms with Gasteiger partial charge < -0.3 is 14.6 Å². The van der Waals surface area contributed by atoms with Gasteiger partial charge >= 0.3 is 6.03 Å². The summed E-state index contributed by atoms with van der Waals surface area (Å²) >= 11 is 0. The van der Waals surface area contributed by atoms with Crippen LogP contribution in [0.25, 0.3) is 0 Å². The van der Waals surface area contributed by atoms with E-state index in [2.05, 4.69) is 10.3 Å². The lowest BCUT2D eigenvalue weighted by Crippen LogP contribution is -2.53. The number of rotatable bonds is 5. The Labute approximate surface area is 136 Å². The molecule has 0 radical (unpaired) electrons. The fourth-order valence-corrected chi connectivity index (χ4v) is 2.76. The van der Waals surface area contributed by atoms with Crippen molar-refractivity contribution in [2.75, 3.05) is 33.7 Å². The molecule has 2 aromatic heterocycles. The fraction of sp³-hybridized carbons (Fsp3) is 0.412. The predicted molar refractivity (Wildman–Crippen MR) is 87.1 cm³/mol. The van der Waals surface area contributed by atoms with Crippen LogP contribution in [0.2, 0.25) is 0 Å². The molecule has 1 saturated heterocycles. The van der Waals surface area contributed by atoms with Crippen LogP contribution >= 0.6 is 0 Å². The van der Waals surface area contributed by atoms with E-state index in [4.69, 9.17) is 4.42 Å². The molecule has 3 rings (SSSR count). The molecular formula is C17H22N4O2. The Morgan fingerprint density at radius 3 is 2.83 bits per heavy atom. The highest BCUT2D eigenvalue weighted by atomic mass is 16.3. The van der Waals surface area contributed by atoms with Crippen LogP contribution in [0.15, 0.2) is 47.2 Å². The maximum Gasteiger partial charge on any atom is 0.317 e. The molecule has 1 atom stereocenters. The molecule has 6 nitrogen and oxygen atoms in total. The molecular weight excluding hydrogens is 292 g/mol. The second kappa shape index (κ2) is 6.83. The summed E-state index contributed by atoms with van der Waals surface area (Å²) in [6.45, 7) is 1.95.